The van der Waals surface area contributed by atoms with Crippen LogP contribution in [0.25, 0.3) is 0 Å². The number of Topliss-reactive ketones (excluding diaryl/α,β-unsaturated/α-hetero) is 2. The number of ketones is 2. The fourth-order valence-corrected chi connectivity index (χ4v) is 5.83. The second kappa shape index (κ2) is 24.4. The van der Waals surface area contributed by atoms with Crippen molar-refractivity contribution >= 4 is 53.1 Å². The lowest BCUT2D eigenvalue weighted by Crippen LogP contribution is -2.53. The van der Waals surface area contributed by atoms with Crippen LogP contribution >= 0.6 is 0 Å². The molecule has 0 aliphatic rings. The zero-order chi connectivity index (χ0) is 42.5. The molecule has 1 unspecified atom stereocenters. The van der Waals surface area contributed by atoms with Crippen LogP contribution in [0.15, 0.2) is 65.7 Å². The Morgan fingerprint density at radius 3 is 1.88 bits per heavy atom. The number of nitrogens with two attached hydrogens (primary N) is 3. The maximum atomic E-state index is 13.7. The molecule has 10 N–H and O–H groups in total. The van der Waals surface area contributed by atoms with E-state index in [0.717, 1.165) is 5.56 Å². The van der Waals surface area contributed by atoms with Gasteiger partial charge in [0.1, 0.15) is 18.7 Å². The van der Waals surface area contributed by atoms with Crippen molar-refractivity contribution in [2.45, 2.75) is 96.9 Å². The number of nitrogens with zero attached hydrogens (tertiary/aromatic N) is 1. The van der Waals surface area contributed by atoms with Crippen molar-refractivity contribution in [3.63, 3.8) is 0 Å². The zero-order valence-electron chi connectivity index (χ0n) is 32.6. The number of rotatable bonds is 26. The van der Waals surface area contributed by atoms with E-state index in [2.05, 4.69) is 20.9 Å². The van der Waals surface area contributed by atoms with Crippen molar-refractivity contribution in [3.05, 3.63) is 71.8 Å². The van der Waals surface area contributed by atoms with E-state index in [4.69, 9.17) is 21.9 Å². The number of esters is 1. The Balaban J connectivity index is 2.18. The van der Waals surface area contributed by atoms with E-state index in [-0.39, 0.29) is 63.6 Å². The summed E-state index contributed by atoms with van der Waals surface area (Å²) in [6, 6.07) is 13.8. The lowest BCUT2D eigenvalue weighted by Gasteiger charge is -2.24. The van der Waals surface area contributed by atoms with Crippen molar-refractivity contribution in [1.82, 2.24) is 16.0 Å². The second-order valence-corrected chi connectivity index (χ2v) is 14.2. The third-order valence-corrected chi connectivity index (χ3v) is 8.88. The fourth-order valence-electron chi connectivity index (χ4n) is 5.83. The Hall–Kier alpha value is -6.13. The molecule has 0 radical (unpaired) electrons. The van der Waals surface area contributed by atoms with Gasteiger partial charge in [-0.15, -0.1) is 0 Å². The molecular weight excluding hydrogens is 738 g/mol. The van der Waals surface area contributed by atoms with Crippen molar-refractivity contribution in [1.29, 1.82) is 0 Å². The standard InChI is InChI=1S/C40H55N7O10/c1-24(2)19-29(22-34(51)57-23-27-13-8-5-9-14-27)38(55)47-31(20-26-11-6-4-7-12-26)35(52)39(56)45-25(3)32(48)21-28(16-17-33(49)50)37(54)46-30(36(41)53)15-10-18-44-40(42)43/h4-9,11-14,24-25,28-31H,10,15-23H2,1-3H3,(H2,41,53)(H,45,56)(H,46,54)(H,47,55)(H,49,50)(H4,42,43,44)/t25-,28+,29+,30-,31?/m0/s1. The number of carboxylic acids is 1. The molecule has 0 bridgehead atoms. The molecule has 17 heteroatoms. The topological polar surface area (TPSA) is 293 Å². The van der Waals surface area contributed by atoms with Crippen LogP contribution < -0.4 is 33.2 Å². The number of aliphatic carboxylic acids is 1. The minimum Gasteiger partial charge on any atom is -0.481 e. The van der Waals surface area contributed by atoms with Gasteiger partial charge in [-0.25, -0.2) is 0 Å². The largest absolute Gasteiger partial charge is 0.481 e. The van der Waals surface area contributed by atoms with E-state index in [1.54, 1.807) is 54.6 Å². The van der Waals surface area contributed by atoms with Gasteiger partial charge >= 0.3 is 11.9 Å². The number of amides is 4. The molecule has 2 rings (SSSR count). The van der Waals surface area contributed by atoms with Crippen LogP contribution in [0.1, 0.15) is 76.8 Å². The predicted molar refractivity (Wildman–Crippen MR) is 210 cm³/mol. The summed E-state index contributed by atoms with van der Waals surface area (Å²) >= 11 is 0. The molecule has 0 aliphatic carbocycles. The maximum absolute atomic E-state index is 13.7. The summed E-state index contributed by atoms with van der Waals surface area (Å²) in [5.41, 5.74) is 17.4. The highest BCUT2D eigenvalue weighted by molar-refractivity contribution is 6.38. The lowest BCUT2D eigenvalue weighted by atomic mass is 9.92. The Morgan fingerprint density at radius 2 is 1.32 bits per heavy atom. The van der Waals surface area contributed by atoms with Gasteiger partial charge < -0.3 is 43.0 Å². The molecule has 17 nitrogen and oxygen atoms in total. The molecule has 0 aliphatic heterocycles. The van der Waals surface area contributed by atoms with Crippen LogP contribution in [-0.4, -0.2) is 82.9 Å². The fraction of sp³-hybridized carbons (Fsp3) is 0.475. The molecule has 0 saturated carbocycles. The molecule has 0 fully saturated rings. The van der Waals surface area contributed by atoms with E-state index < -0.39 is 89.9 Å². The first kappa shape index (κ1) is 47.0. The third kappa shape index (κ3) is 18.4. The minimum absolute atomic E-state index is 0.0138. The van der Waals surface area contributed by atoms with Gasteiger partial charge in [-0.1, -0.05) is 74.5 Å². The summed E-state index contributed by atoms with van der Waals surface area (Å²) in [6.07, 6.45) is -1.06. The Bertz CT molecular complexity index is 1720. The number of carbonyl (C=O) groups is 8. The van der Waals surface area contributed by atoms with E-state index in [1.165, 1.54) is 6.92 Å². The van der Waals surface area contributed by atoms with Crippen molar-refractivity contribution in [3.8, 4) is 0 Å². The molecule has 0 heterocycles. The van der Waals surface area contributed by atoms with Gasteiger partial charge in [-0.2, -0.15) is 0 Å². The van der Waals surface area contributed by atoms with Crippen molar-refractivity contribution in [2.24, 2.45) is 39.9 Å². The number of primary amides is 1. The average Bonchev–Trinajstić information content (AvgIpc) is 3.16. The zero-order valence-corrected chi connectivity index (χ0v) is 32.6. The number of nitrogens with one attached hydrogen (secondary N) is 3. The summed E-state index contributed by atoms with van der Waals surface area (Å²) in [5, 5.41) is 16.7. The number of carbonyl (C=O) groups excluding carboxylic acids is 7. The quantitative estimate of drug-likeness (QED) is 0.0231. The molecule has 0 saturated heterocycles. The Labute approximate surface area is 331 Å². The molecule has 2 aromatic carbocycles. The van der Waals surface area contributed by atoms with Crippen LogP contribution in [0.5, 0.6) is 0 Å². The van der Waals surface area contributed by atoms with Crippen LogP contribution in [0.2, 0.25) is 0 Å². The first-order valence-electron chi connectivity index (χ1n) is 18.7. The normalized spacial score (nSPS) is 13.5. The van der Waals surface area contributed by atoms with Crippen LogP contribution in [0.3, 0.4) is 0 Å². The number of benzene rings is 2. The number of aliphatic imine (C=N–C) groups is 1. The van der Waals surface area contributed by atoms with E-state index in [9.17, 15) is 43.5 Å². The summed E-state index contributed by atoms with van der Waals surface area (Å²) in [4.78, 5) is 107. The summed E-state index contributed by atoms with van der Waals surface area (Å²) in [7, 11) is 0. The molecular formula is C40H55N7O10. The summed E-state index contributed by atoms with van der Waals surface area (Å²) < 4.78 is 5.40. The van der Waals surface area contributed by atoms with Gasteiger partial charge in [0, 0.05) is 37.6 Å². The molecule has 4 amide bonds. The second-order valence-electron chi connectivity index (χ2n) is 14.2. The van der Waals surface area contributed by atoms with E-state index in [1.807, 2.05) is 19.9 Å². The number of ether oxygens (including phenoxy) is 1. The smallest absolute Gasteiger partial charge is 0.306 e. The van der Waals surface area contributed by atoms with Crippen molar-refractivity contribution in [2.75, 3.05) is 6.54 Å². The molecule has 2 aromatic rings. The number of guanidine groups is 1. The van der Waals surface area contributed by atoms with Gasteiger partial charge in [0.15, 0.2) is 11.7 Å². The highest BCUT2D eigenvalue weighted by Crippen LogP contribution is 2.19. The van der Waals surface area contributed by atoms with Gasteiger partial charge in [0.05, 0.1) is 12.5 Å². The Morgan fingerprint density at radius 1 is 0.737 bits per heavy atom. The SMILES string of the molecule is CC(C)C[C@H](CC(=O)OCc1ccccc1)C(=O)NC(Cc1ccccc1)C(=O)C(=O)N[C@@H](C)C(=O)C[C@@H](CCC(=O)O)C(=O)N[C@@H](CCCN=C(N)N)C(N)=O. The van der Waals surface area contributed by atoms with Gasteiger partial charge in [-0.3, -0.25) is 43.3 Å². The van der Waals surface area contributed by atoms with Crippen LogP contribution in [0.4, 0.5) is 0 Å². The molecule has 0 spiro atoms. The van der Waals surface area contributed by atoms with Crippen LogP contribution in [0, 0.1) is 17.8 Å². The first-order chi connectivity index (χ1) is 27.0. The monoisotopic (exact) mass is 793 g/mol. The van der Waals surface area contributed by atoms with E-state index >= 15 is 0 Å². The Kier molecular flexibility index (Phi) is 20.1. The summed E-state index contributed by atoms with van der Waals surface area (Å²) in [5.74, 6) is -9.42. The molecule has 5 atom stereocenters. The van der Waals surface area contributed by atoms with Crippen molar-refractivity contribution < 1.29 is 48.2 Å². The highest BCUT2D eigenvalue weighted by Gasteiger charge is 2.34. The van der Waals surface area contributed by atoms with Crippen LogP contribution in [-0.2, 0) is 56.1 Å². The number of hydrogen-bond acceptors (Lipinski definition) is 10. The average molecular weight is 794 g/mol. The van der Waals surface area contributed by atoms with Gasteiger partial charge in [0.2, 0.25) is 23.5 Å². The molecule has 310 valence electrons. The predicted octanol–water partition coefficient (Wildman–Crippen LogP) is 1.05. The lowest BCUT2D eigenvalue weighted by molar-refractivity contribution is -0.148. The number of hydrogen-bond donors (Lipinski definition) is 7. The third-order valence-electron chi connectivity index (χ3n) is 8.88. The van der Waals surface area contributed by atoms with Gasteiger partial charge in [-0.05, 0) is 49.7 Å². The highest BCUT2D eigenvalue weighted by atomic mass is 16.5. The van der Waals surface area contributed by atoms with Gasteiger partial charge in [0.25, 0.3) is 5.91 Å². The molecule has 57 heavy (non-hydrogen) atoms. The minimum atomic E-state index is -1.39. The molecule has 0 aromatic heterocycles. The first-order valence-corrected chi connectivity index (χ1v) is 18.7. The number of carboxylic acid groups (broad SMARTS) is 1. The maximum Gasteiger partial charge on any atom is 0.306 e. The summed E-state index contributed by atoms with van der Waals surface area (Å²) in [6.45, 7) is 5.20. The van der Waals surface area contributed by atoms with E-state index in [0.29, 0.717) is 5.56 Å².